The molecule has 0 aromatic carbocycles. The van der Waals surface area contributed by atoms with Gasteiger partial charge in [-0.05, 0) is 13.0 Å². The normalized spacial score (nSPS) is 18.2. The molecule has 0 spiro atoms. The Labute approximate surface area is 80.6 Å². The van der Waals surface area contributed by atoms with E-state index in [2.05, 4.69) is 10.1 Å². The fourth-order valence-electron chi connectivity index (χ4n) is 1.02. The number of hydrogen-bond donors (Lipinski definition) is 1. The van der Waals surface area contributed by atoms with Gasteiger partial charge in [0.15, 0.2) is 0 Å². The lowest BCUT2D eigenvalue weighted by Gasteiger charge is -2.26. The summed E-state index contributed by atoms with van der Waals surface area (Å²) < 4.78 is 44.1. The molecule has 0 saturated carbocycles. The largest absolute Gasteiger partial charge is 0.411 e. The van der Waals surface area contributed by atoms with Crippen molar-refractivity contribution in [2.75, 3.05) is 33.0 Å². The second kappa shape index (κ2) is 5.53. The van der Waals surface area contributed by atoms with Crippen LogP contribution >= 0.6 is 0 Å². The van der Waals surface area contributed by atoms with Crippen molar-refractivity contribution in [1.29, 1.82) is 0 Å². The van der Waals surface area contributed by atoms with Gasteiger partial charge >= 0.3 is 6.18 Å². The fraction of sp³-hybridized carbons (Fsp3) is 1.00. The summed E-state index contributed by atoms with van der Waals surface area (Å²) in [6.45, 7) is 1.05. The van der Waals surface area contributed by atoms with Gasteiger partial charge in [0.25, 0.3) is 0 Å². The Bertz CT molecular complexity index is 159. The van der Waals surface area contributed by atoms with E-state index in [1.807, 2.05) is 0 Å². The Morgan fingerprint density at radius 3 is 2.57 bits per heavy atom. The molecule has 0 atom stereocenters. The molecular weight excluding hydrogens is 199 g/mol. The minimum atomic E-state index is -4.21. The van der Waals surface area contributed by atoms with E-state index in [0.29, 0.717) is 32.2 Å². The van der Waals surface area contributed by atoms with Crippen LogP contribution in [0.1, 0.15) is 6.42 Å². The molecule has 14 heavy (non-hydrogen) atoms. The first-order valence-electron chi connectivity index (χ1n) is 4.53. The van der Waals surface area contributed by atoms with Gasteiger partial charge in [-0.2, -0.15) is 13.2 Å². The van der Waals surface area contributed by atoms with Gasteiger partial charge in [0.05, 0.1) is 19.3 Å². The summed E-state index contributed by atoms with van der Waals surface area (Å²) in [4.78, 5) is 0. The highest BCUT2D eigenvalue weighted by Gasteiger charge is 2.27. The maximum Gasteiger partial charge on any atom is 0.411 e. The second-order valence-electron chi connectivity index (χ2n) is 3.21. The second-order valence-corrected chi connectivity index (χ2v) is 3.21. The highest BCUT2D eigenvalue weighted by atomic mass is 19.4. The van der Waals surface area contributed by atoms with E-state index in [9.17, 15) is 13.2 Å². The van der Waals surface area contributed by atoms with Crippen molar-refractivity contribution in [2.45, 2.75) is 18.6 Å². The Morgan fingerprint density at radius 2 is 2.07 bits per heavy atom. The van der Waals surface area contributed by atoms with Gasteiger partial charge < -0.3 is 14.8 Å². The smallest absolute Gasteiger partial charge is 0.378 e. The van der Waals surface area contributed by atoms with Crippen molar-refractivity contribution in [1.82, 2.24) is 5.32 Å². The maximum absolute atomic E-state index is 11.6. The van der Waals surface area contributed by atoms with Crippen LogP contribution in [0.3, 0.4) is 0 Å². The molecule has 0 aromatic heterocycles. The summed E-state index contributed by atoms with van der Waals surface area (Å²) in [5.41, 5.74) is 0. The van der Waals surface area contributed by atoms with E-state index in [-0.39, 0.29) is 6.61 Å². The third kappa shape index (κ3) is 5.41. The van der Waals surface area contributed by atoms with E-state index >= 15 is 0 Å². The lowest BCUT2D eigenvalue weighted by molar-refractivity contribution is -0.174. The molecule has 1 fully saturated rings. The monoisotopic (exact) mass is 213 g/mol. The zero-order valence-corrected chi connectivity index (χ0v) is 7.77. The first-order valence-corrected chi connectivity index (χ1v) is 4.53. The van der Waals surface area contributed by atoms with Crippen molar-refractivity contribution in [3.8, 4) is 0 Å². The van der Waals surface area contributed by atoms with Crippen LogP contribution in [0, 0.1) is 0 Å². The van der Waals surface area contributed by atoms with Gasteiger partial charge in [-0.25, -0.2) is 0 Å². The molecule has 0 amide bonds. The number of halogens is 3. The highest BCUT2D eigenvalue weighted by molar-refractivity contribution is 4.72. The average Bonchev–Trinajstić information content (AvgIpc) is 1.97. The molecule has 84 valence electrons. The summed E-state index contributed by atoms with van der Waals surface area (Å²) in [6.07, 6.45) is -3.62. The molecule has 1 saturated heterocycles. The Hall–Kier alpha value is -0.330. The van der Waals surface area contributed by atoms with Crippen LogP contribution in [0.4, 0.5) is 13.2 Å². The molecule has 0 aromatic rings. The van der Waals surface area contributed by atoms with Gasteiger partial charge in [-0.15, -0.1) is 0 Å². The Morgan fingerprint density at radius 1 is 1.36 bits per heavy atom. The number of nitrogens with one attached hydrogen (secondary N) is 1. The quantitative estimate of drug-likeness (QED) is 0.666. The first-order chi connectivity index (χ1) is 6.58. The molecule has 0 aliphatic carbocycles. The van der Waals surface area contributed by atoms with Gasteiger partial charge in [-0.3, -0.25) is 0 Å². The van der Waals surface area contributed by atoms with Gasteiger partial charge in [-0.1, -0.05) is 0 Å². The highest BCUT2D eigenvalue weighted by Crippen LogP contribution is 2.14. The standard InChI is InChI=1S/C8H14F3NO2/c9-8(10,11)6-13-3-1-2-12-7-4-14-5-7/h7,12H,1-6H2. The summed E-state index contributed by atoms with van der Waals surface area (Å²) in [5.74, 6) is 0. The van der Waals surface area contributed by atoms with E-state index in [4.69, 9.17) is 4.74 Å². The zero-order valence-electron chi connectivity index (χ0n) is 7.77. The van der Waals surface area contributed by atoms with Crippen LogP contribution in [0.5, 0.6) is 0 Å². The summed E-state index contributed by atoms with van der Waals surface area (Å²) in [7, 11) is 0. The predicted octanol–water partition coefficient (Wildman–Crippen LogP) is 0.944. The number of hydrogen-bond acceptors (Lipinski definition) is 3. The summed E-state index contributed by atoms with van der Waals surface area (Å²) in [5, 5.41) is 3.13. The summed E-state index contributed by atoms with van der Waals surface area (Å²) in [6, 6.07) is 0.373. The molecule has 0 radical (unpaired) electrons. The van der Waals surface area contributed by atoms with Crippen LogP contribution < -0.4 is 5.32 Å². The molecule has 1 rings (SSSR count). The van der Waals surface area contributed by atoms with Crippen molar-refractivity contribution in [3.63, 3.8) is 0 Å². The molecule has 1 N–H and O–H groups in total. The van der Waals surface area contributed by atoms with Crippen LogP contribution in [0.15, 0.2) is 0 Å². The third-order valence-electron chi connectivity index (χ3n) is 1.80. The van der Waals surface area contributed by atoms with Crippen molar-refractivity contribution < 1.29 is 22.6 Å². The van der Waals surface area contributed by atoms with Gasteiger partial charge in [0, 0.05) is 6.61 Å². The fourth-order valence-corrected chi connectivity index (χ4v) is 1.02. The Kier molecular flexibility index (Phi) is 4.64. The van der Waals surface area contributed by atoms with Crippen molar-refractivity contribution in [3.05, 3.63) is 0 Å². The lowest BCUT2D eigenvalue weighted by atomic mass is 10.2. The Balaban J connectivity index is 1.80. The number of alkyl halides is 3. The molecule has 0 unspecified atom stereocenters. The van der Waals surface area contributed by atoms with E-state index in [0.717, 1.165) is 0 Å². The zero-order chi connectivity index (χ0) is 10.4. The van der Waals surface area contributed by atoms with Crippen molar-refractivity contribution >= 4 is 0 Å². The minimum absolute atomic E-state index is 0.139. The molecule has 3 nitrogen and oxygen atoms in total. The van der Waals surface area contributed by atoms with E-state index < -0.39 is 12.8 Å². The minimum Gasteiger partial charge on any atom is -0.378 e. The van der Waals surface area contributed by atoms with Crippen LogP contribution in [-0.2, 0) is 9.47 Å². The van der Waals surface area contributed by atoms with Gasteiger partial charge in [0.2, 0.25) is 0 Å². The number of rotatable bonds is 6. The summed E-state index contributed by atoms with van der Waals surface area (Å²) >= 11 is 0. The lowest BCUT2D eigenvalue weighted by Crippen LogP contribution is -2.46. The maximum atomic E-state index is 11.6. The van der Waals surface area contributed by atoms with E-state index in [1.165, 1.54) is 0 Å². The number of ether oxygens (including phenoxy) is 2. The van der Waals surface area contributed by atoms with Crippen LogP contribution in [0.25, 0.3) is 0 Å². The average molecular weight is 213 g/mol. The molecule has 6 heteroatoms. The SMILES string of the molecule is FC(F)(F)COCCCNC1COC1. The predicted molar refractivity (Wildman–Crippen MR) is 44.1 cm³/mol. The molecule has 1 heterocycles. The first kappa shape index (κ1) is 11.7. The van der Waals surface area contributed by atoms with Crippen LogP contribution in [0.2, 0.25) is 0 Å². The third-order valence-corrected chi connectivity index (χ3v) is 1.80. The van der Waals surface area contributed by atoms with E-state index in [1.54, 1.807) is 0 Å². The molecule has 1 aliphatic heterocycles. The van der Waals surface area contributed by atoms with Crippen molar-refractivity contribution in [2.24, 2.45) is 0 Å². The molecule has 0 bridgehead atoms. The molecule has 1 aliphatic rings. The molecular formula is C8H14F3NO2. The topological polar surface area (TPSA) is 30.5 Å². The van der Waals surface area contributed by atoms with Crippen LogP contribution in [-0.4, -0.2) is 45.2 Å². The van der Waals surface area contributed by atoms with Gasteiger partial charge in [0.1, 0.15) is 6.61 Å².